The van der Waals surface area contributed by atoms with Crippen LogP contribution in [0.4, 0.5) is 5.69 Å². The first-order valence-corrected chi connectivity index (χ1v) is 5.06. The van der Waals surface area contributed by atoms with Crippen molar-refractivity contribution in [3.63, 3.8) is 0 Å². The van der Waals surface area contributed by atoms with Crippen molar-refractivity contribution in [2.45, 2.75) is 33.1 Å². The summed E-state index contributed by atoms with van der Waals surface area (Å²) in [6.07, 6.45) is 1.17. The van der Waals surface area contributed by atoms with Gasteiger partial charge in [-0.15, -0.1) is 4.91 Å². The Labute approximate surface area is 85.3 Å². The fraction of sp³-hybridized carbons (Fsp3) is 0.500. The molecule has 0 N–H and O–H groups in total. The topological polar surface area (TPSA) is 29.4 Å². The van der Waals surface area contributed by atoms with Crippen LogP contribution in [-0.4, -0.2) is 0 Å². The van der Waals surface area contributed by atoms with Crippen LogP contribution in [0.1, 0.15) is 38.7 Å². The molecule has 1 aromatic carbocycles. The van der Waals surface area contributed by atoms with E-state index in [1.54, 1.807) is 12.1 Å². The van der Waals surface area contributed by atoms with Crippen LogP contribution in [0, 0.1) is 10.8 Å². The number of hydrogen-bond donors (Lipinski definition) is 0. The van der Waals surface area contributed by atoms with Crippen LogP contribution in [0.5, 0.6) is 0 Å². The van der Waals surface area contributed by atoms with Crippen molar-refractivity contribution in [3.8, 4) is 0 Å². The maximum absolute atomic E-state index is 10.2. The van der Waals surface area contributed by atoms with Gasteiger partial charge >= 0.3 is 0 Å². The molecule has 0 radical (unpaired) electrons. The molecule has 0 aliphatic carbocycles. The van der Waals surface area contributed by atoms with Crippen LogP contribution in [0.15, 0.2) is 29.4 Å². The molecule has 0 saturated heterocycles. The van der Waals surface area contributed by atoms with E-state index in [0.717, 1.165) is 0 Å². The quantitative estimate of drug-likeness (QED) is 0.655. The lowest BCUT2D eigenvalue weighted by Crippen LogP contribution is -1.98. The van der Waals surface area contributed by atoms with E-state index in [4.69, 9.17) is 0 Å². The SMILES string of the molecule is CC(C)CC(C)c1ccc(N=O)cc1. The zero-order valence-corrected chi connectivity index (χ0v) is 9.03. The van der Waals surface area contributed by atoms with Crippen molar-refractivity contribution in [2.75, 3.05) is 0 Å². The highest BCUT2D eigenvalue weighted by molar-refractivity contribution is 5.39. The molecule has 0 heterocycles. The van der Waals surface area contributed by atoms with Crippen LogP contribution < -0.4 is 0 Å². The summed E-state index contributed by atoms with van der Waals surface area (Å²) in [5.41, 5.74) is 1.79. The van der Waals surface area contributed by atoms with Crippen molar-refractivity contribution >= 4 is 5.69 Å². The number of rotatable bonds is 4. The maximum atomic E-state index is 10.2. The van der Waals surface area contributed by atoms with Gasteiger partial charge in [-0.2, -0.15) is 0 Å². The predicted molar refractivity (Wildman–Crippen MR) is 59.8 cm³/mol. The van der Waals surface area contributed by atoms with Gasteiger partial charge in [-0.05, 0) is 41.1 Å². The summed E-state index contributed by atoms with van der Waals surface area (Å²) >= 11 is 0. The first kappa shape index (κ1) is 10.9. The zero-order valence-electron chi connectivity index (χ0n) is 9.03. The highest BCUT2D eigenvalue weighted by atomic mass is 16.3. The third kappa shape index (κ3) is 2.95. The fourth-order valence-corrected chi connectivity index (χ4v) is 1.71. The third-order valence-corrected chi connectivity index (χ3v) is 2.39. The van der Waals surface area contributed by atoms with Gasteiger partial charge in [0.15, 0.2) is 0 Å². The Morgan fingerprint density at radius 2 is 1.71 bits per heavy atom. The molecule has 1 unspecified atom stereocenters. The standard InChI is InChI=1S/C12H17NO/c1-9(2)8-10(3)11-4-6-12(13-14)7-5-11/h4-7,9-10H,8H2,1-3H3. The molecule has 0 fully saturated rings. The van der Waals surface area contributed by atoms with Gasteiger partial charge in [0.2, 0.25) is 0 Å². The van der Waals surface area contributed by atoms with E-state index in [-0.39, 0.29) is 0 Å². The second kappa shape index (κ2) is 4.89. The van der Waals surface area contributed by atoms with Crippen LogP contribution in [-0.2, 0) is 0 Å². The van der Waals surface area contributed by atoms with E-state index in [2.05, 4.69) is 25.9 Å². The Balaban J connectivity index is 2.71. The molecule has 0 aromatic heterocycles. The largest absolute Gasteiger partial charge is 0.145 e. The van der Waals surface area contributed by atoms with Crippen molar-refractivity contribution in [1.82, 2.24) is 0 Å². The molecule has 76 valence electrons. The first-order chi connectivity index (χ1) is 6.63. The summed E-state index contributed by atoms with van der Waals surface area (Å²) in [6, 6.07) is 7.53. The molecule has 2 heteroatoms. The Morgan fingerprint density at radius 1 is 1.14 bits per heavy atom. The molecule has 0 bridgehead atoms. The van der Waals surface area contributed by atoms with Crippen molar-refractivity contribution in [1.29, 1.82) is 0 Å². The lowest BCUT2D eigenvalue weighted by molar-refractivity contribution is 0.524. The summed E-state index contributed by atoms with van der Waals surface area (Å²) in [7, 11) is 0. The second-order valence-electron chi connectivity index (χ2n) is 4.21. The van der Waals surface area contributed by atoms with Gasteiger partial charge < -0.3 is 0 Å². The summed E-state index contributed by atoms with van der Waals surface area (Å²) in [4.78, 5) is 10.2. The normalized spacial score (nSPS) is 12.9. The molecular weight excluding hydrogens is 174 g/mol. The molecule has 0 amide bonds. The molecule has 0 aliphatic heterocycles. The Bertz CT molecular complexity index is 290. The van der Waals surface area contributed by atoms with Crippen molar-refractivity contribution < 1.29 is 0 Å². The summed E-state index contributed by atoms with van der Waals surface area (Å²) < 4.78 is 0. The average molecular weight is 191 g/mol. The van der Waals surface area contributed by atoms with E-state index in [0.29, 0.717) is 17.5 Å². The summed E-state index contributed by atoms with van der Waals surface area (Å²) in [5, 5.41) is 2.88. The van der Waals surface area contributed by atoms with Gasteiger partial charge in [-0.1, -0.05) is 32.9 Å². The zero-order chi connectivity index (χ0) is 10.6. The first-order valence-electron chi connectivity index (χ1n) is 5.06. The average Bonchev–Trinajstić information content (AvgIpc) is 2.17. The molecule has 1 rings (SSSR count). The minimum absolute atomic E-state index is 0.505. The van der Waals surface area contributed by atoms with E-state index in [1.807, 2.05) is 12.1 Å². The highest BCUT2D eigenvalue weighted by Gasteiger charge is 2.07. The van der Waals surface area contributed by atoms with Crippen LogP contribution in [0.25, 0.3) is 0 Å². The van der Waals surface area contributed by atoms with E-state index in [1.165, 1.54) is 12.0 Å². The van der Waals surface area contributed by atoms with Gasteiger partial charge in [0, 0.05) is 0 Å². The smallest absolute Gasteiger partial charge is 0.108 e. The van der Waals surface area contributed by atoms with E-state index >= 15 is 0 Å². The maximum Gasteiger partial charge on any atom is 0.108 e. The van der Waals surface area contributed by atoms with Gasteiger partial charge in [0.1, 0.15) is 5.69 Å². The molecule has 1 atom stereocenters. The molecule has 14 heavy (non-hydrogen) atoms. The molecule has 0 spiro atoms. The van der Waals surface area contributed by atoms with E-state index < -0.39 is 0 Å². The van der Waals surface area contributed by atoms with Crippen molar-refractivity contribution in [2.24, 2.45) is 11.1 Å². The van der Waals surface area contributed by atoms with Gasteiger partial charge in [-0.25, -0.2) is 0 Å². The van der Waals surface area contributed by atoms with Gasteiger partial charge in [-0.3, -0.25) is 0 Å². The minimum atomic E-state index is 0.505. The van der Waals surface area contributed by atoms with Crippen molar-refractivity contribution in [3.05, 3.63) is 34.7 Å². The molecule has 2 nitrogen and oxygen atoms in total. The van der Waals surface area contributed by atoms with Gasteiger partial charge in [0.25, 0.3) is 0 Å². The number of nitrogens with zero attached hydrogens (tertiary/aromatic N) is 1. The Kier molecular flexibility index (Phi) is 3.81. The summed E-state index contributed by atoms with van der Waals surface area (Å²) in [6.45, 7) is 6.65. The molecule has 0 aliphatic rings. The van der Waals surface area contributed by atoms with Crippen LogP contribution in [0.3, 0.4) is 0 Å². The van der Waals surface area contributed by atoms with Crippen LogP contribution in [0.2, 0.25) is 0 Å². The lowest BCUT2D eigenvalue weighted by atomic mass is 9.92. The van der Waals surface area contributed by atoms with Crippen LogP contribution >= 0.6 is 0 Å². The number of nitroso groups, excluding NO2 is 1. The molecule has 1 aromatic rings. The number of hydrogen-bond acceptors (Lipinski definition) is 2. The lowest BCUT2D eigenvalue weighted by Gasteiger charge is -2.13. The monoisotopic (exact) mass is 191 g/mol. The second-order valence-corrected chi connectivity index (χ2v) is 4.21. The minimum Gasteiger partial charge on any atom is -0.145 e. The summed E-state index contributed by atoms with van der Waals surface area (Å²) in [5.74, 6) is 1.25. The third-order valence-electron chi connectivity index (χ3n) is 2.39. The fourth-order valence-electron chi connectivity index (χ4n) is 1.71. The predicted octanol–water partition coefficient (Wildman–Crippen LogP) is 4.23. The van der Waals surface area contributed by atoms with Gasteiger partial charge in [0.05, 0.1) is 0 Å². The number of benzene rings is 1. The highest BCUT2D eigenvalue weighted by Crippen LogP contribution is 2.24. The Morgan fingerprint density at radius 3 is 2.14 bits per heavy atom. The Hall–Kier alpha value is -1.18. The molecular formula is C12H17NO. The molecule has 0 saturated carbocycles. The van der Waals surface area contributed by atoms with E-state index in [9.17, 15) is 4.91 Å².